The summed E-state index contributed by atoms with van der Waals surface area (Å²) in [6, 6.07) is 1.19. The lowest BCUT2D eigenvalue weighted by molar-refractivity contribution is 0.0937. The van der Waals surface area contributed by atoms with Crippen molar-refractivity contribution in [3.05, 3.63) is 29.8 Å². The van der Waals surface area contributed by atoms with Gasteiger partial charge in [-0.15, -0.1) is 11.6 Å². The van der Waals surface area contributed by atoms with E-state index < -0.39 is 5.82 Å². The molecule has 0 radical (unpaired) electrons. The molecule has 5 heteroatoms. The van der Waals surface area contributed by atoms with Crippen molar-refractivity contribution in [3.63, 3.8) is 0 Å². The van der Waals surface area contributed by atoms with E-state index in [1.165, 1.54) is 6.20 Å². The summed E-state index contributed by atoms with van der Waals surface area (Å²) in [4.78, 5) is 15.2. The minimum atomic E-state index is -0.513. The molecule has 0 saturated carbocycles. The number of pyridine rings is 1. The summed E-state index contributed by atoms with van der Waals surface area (Å²) in [5, 5.41) is 2.75. The lowest BCUT2D eigenvalue weighted by atomic mass is 10.2. The maximum absolute atomic E-state index is 12.8. The molecule has 3 nitrogen and oxygen atoms in total. The highest BCUT2D eigenvalue weighted by molar-refractivity contribution is 6.17. The van der Waals surface area contributed by atoms with Crippen LogP contribution in [0.15, 0.2) is 18.5 Å². The molecule has 0 saturated heterocycles. The summed E-state index contributed by atoms with van der Waals surface area (Å²) in [6.45, 7) is 1.89. The minimum Gasteiger partial charge on any atom is -0.350 e. The fraction of sp³-hybridized carbons (Fsp3) is 0.455. The Morgan fingerprint density at radius 1 is 1.62 bits per heavy atom. The molecule has 0 aliphatic rings. The van der Waals surface area contributed by atoms with E-state index >= 15 is 0 Å². The Labute approximate surface area is 99.0 Å². The van der Waals surface area contributed by atoms with E-state index in [0.717, 1.165) is 25.1 Å². The van der Waals surface area contributed by atoms with Crippen molar-refractivity contribution < 1.29 is 9.18 Å². The molecule has 1 N–H and O–H groups in total. The highest BCUT2D eigenvalue weighted by atomic mass is 35.5. The summed E-state index contributed by atoms with van der Waals surface area (Å²) in [6.07, 6.45) is 4.04. The van der Waals surface area contributed by atoms with Crippen molar-refractivity contribution in [2.45, 2.75) is 25.8 Å². The van der Waals surface area contributed by atoms with Crippen LogP contribution in [0.2, 0.25) is 0 Å². The third-order valence-corrected chi connectivity index (χ3v) is 2.38. The van der Waals surface area contributed by atoms with Crippen LogP contribution in [-0.4, -0.2) is 22.8 Å². The molecule has 0 spiro atoms. The zero-order valence-corrected chi connectivity index (χ0v) is 9.80. The molecule has 1 unspecified atom stereocenters. The van der Waals surface area contributed by atoms with E-state index in [1.54, 1.807) is 0 Å². The van der Waals surface area contributed by atoms with Crippen LogP contribution in [-0.2, 0) is 0 Å². The summed E-state index contributed by atoms with van der Waals surface area (Å²) >= 11 is 5.55. The third kappa shape index (κ3) is 4.14. The fourth-order valence-corrected chi connectivity index (χ4v) is 1.45. The van der Waals surface area contributed by atoms with Crippen molar-refractivity contribution in [2.75, 3.05) is 5.88 Å². The lowest BCUT2D eigenvalue weighted by Gasteiger charge is -2.12. The minimum absolute atomic E-state index is 0.0227. The van der Waals surface area contributed by atoms with Gasteiger partial charge >= 0.3 is 0 Å². The SMILES string of the molecule is CC(CCCCl)NC(=O)c1cncc(F)c1. The normalized spacial score (nSPS) is 12.2. The Morgan fingerprint density at radius 2 is 2.38 bits per heavy atom. The van der Waals surface area contributed by atoms with Gasteiger partial charge in [0.1, 0.15) is 5.82 Å². The van der Waals surface area contributed by atoms with Crippen LogP contribution in [0.5, 0.6) is 0 Å². The first-order valence-corrected chi connectivity index (χ1v) is 5.64. The van der Waals surface area contributed by atoms with Gasteiger partial charge in [0.05, 0.1) is 11.8 Å². The number of carbonyl (C=O) groups is 1. The average molecular weight is 245 g/mol. The average Bonchev–Trinajstić information content (AvgIpc) is 2.26. The molecule has 0 aliphatic heterocycles. The smallest absolute Gasteiger partial charge is 0.253 e. The monoisotopic (exact) mass is 244 g/mol. The van der Waals surface area contributed by atoms with Crippen molar-refractivity contribution in [3.8, 4) is 0 Å². The van der Waals surface area contributed by atoms with E-state index in [9.17, 15) is 9.18 Å². The Bertz CT molecular complexity index is 360. The van der Waals surface area contributed by atoms with Crippen LogP contribution in [0.1, 0.15) is 30.1 Å². The first-order valence-electron chi connectivity index (χ1n) is 5.11. The van der Waals surface area contributed by atoms with E-state index in [4.69, 9.17) is 11.6 Å². The van der Waals surface area contributed by atoms with Gasteiger partial charge in [-0.2, -0.15) is 0 Å². The van der Waals surface area contributed by atoms with Gasteiger partial charge in [0, 0.05) is 18.1 Å². The van der Waals surface area contributed by atoms with Gasteiger partial charge in [0.15, 0.2) is 0 Å². The van der Waals surface area contributed by atoms with Crippen molar-refractivity contribution >= 4 is 17.5 Å². The van der Waals surface area contributed by atoms with Crippen LogP contribution in [0.3, 0.4) is 0 Å². The van der Waals surface area contributed by atoms with Crippen LogP contribution < -0.4 is 5.32 Å². The number of hydrogen-bond acceptors (Lipinski definition) is 2. The molecule has 1 heterocycles. The Morgan fingerprint density at radius 3 is 3.00 bits per heavy atom. The van der Waals surface area contributed by atoms with Gasteiger partial charge < -0.3 is 5.32 Å². The van der Waals surface area contributed by atoms with Gasteiger partial charge in [0.25, 0.3) is 5.91 Å². The quantitative estimate of drug-likeness (QED) is 0.808. The van der Waals surface area contributed by atoms with Gasteiger partial charge in [-0.05, 0) is 25.8 Å². The second-order valence-electron chi connectivity index (χ2n) is 3.60. The van der Waals surface area contributed by atoms with Crippen molar-refractivity contribution in [1.29, 1.82) is 0 Å². The molecule has 1 rings (SSSR count). The van der Waals surface area contributed by atoms with Crippen LogP contribution >= 0.6 is 11.6 Å². The van der Waals surface area contributed by atoms with E-state index in [2.05, 4.69) is 10.3 Å². The summed E-state index contributed by atoms with van der Waals surface area (Å²) in [5.74, 6) is -0.253. The molecule has 0 bridgehead atoms. The molecular formula is C11H14ClFN2O. The molecule has 0 aromatic carbocycles. The molecule has 1 aromatic heterocycles. The number of nitrogens with one attached hydrogen (secondary N) is 1. The maximum atomic E-state index is 12.8. The number of amides is 1. The van der Waals surface area contributed by atoms with Crippen molar-refractivity contribution in [1.82, 2.24) is 10.3 Å². The van der Waals surface area contributed by atoms with Gasteiger partial charge in [0.2, 0.25) is 0 Å². The number of halogens is 2. The highest BCUT2D eigenvalue weighted by Gasteiger charge is 2.10. The molecule has 1 atom stereocenters. The Kier molecular flexibility index (Phi) is 5.19. The highest BCUT2D eigenvalue weighted by Crippen LogP contribution is 2.03. The number of carbonyl (C=O) groups excluding carboxylic acids is 1. The van der Waals surface area contributed by atoms with E-state index in [-0.39, 0.29) is 17.5 Å². The second-order valence-corrected chi connectivity index (χ2v) is 3.98. The summed E-state index contributed by atoms with van der Waals surface area (Å²) in [5.41, 5.74) is 0.234. The number of nitrogens with zero attached hydrogens (tertiary/aromatic N) is 1. The Balaban J connectivity index is 2.52. The van der Waals surface area contributed by atoms with E-state index in [0.29, 0.717) is 5.88 Å². The number of aromatic nitrogens is 1. The Hall–Kier alpha value is -1.16. The first kappa shape index (κ1) is 12.9. The topological polar surface area (TPSA) is 42.0 Å². The van der Waals surface area contributed by atoms with Gasteiger partial charge in [-0.1, -0.05) is 0 Å². The molecule has 88 valence electrons. The van der Waals surface area contributed by atoms with E-state index in [1.807, 2.05) is 6.92 Å². The van der Waals surface area contributed by atoms with Crippen LogP contribution in [0.25, 0.3) is 0 Å². The molecule has 1 amide bonds. The summed E-state index contributed by atoms with van der Waals surface area (Å²) < 4.78 is 12.8. The zero-order valence-electron chi connectivity index (χ0n) is 9.04. The van der Waals surface area contributed by atoms with Gasteiger partial charge in [-0.25, -0.2) is 4.39 Å². The predicted molar refractivity (Wildman–Crippen MR) is 61.1 cm³/mol. The maximum Gasteiger partial charge on any atom is 0.253 e. The number of hydrogen-bond donors (Lipinski definition) is 1. The second kappa shape index (κ2) is 6.43. The third-order valence-electron chi connectivity index (χ3n) is 2.12. The fourth-order valence-electron chi connectivity index (χ4n) is 1.30. The predicted octanol–water partition coefficient (Wildman–Crippen LogP) is 2.36. The lowest BCUT2D eigenvalue weighted by Crippen LogP contribution is -2.32. The summed E-state index contributed by atoms with van der Waals surface area (Å²) in [7, 11) is 0. The first-order chi connectivity index (χ1) is 7.63. The molecule has 1 aromatic rings. The van der Waals surface area contributed by atoms with Crippen LogP contribution in [0.4, 0.5) is 4.39 Å². The molecule has 0 fully saturated rings. The molecule has 16 heavy (non-hydrogen) atoms. The van der Waals surface area contributed by atoms with Crippen molar-refractivity contribution in [2.24, 2.45) is 0 Å². The zero-order chi connectivity index (χ0) is 12.0. The number of rotatable bonds is 5. The number of alkyl halides is 1. The largest absolute Gasteiger partial charge is 0.350 e. The molecule has 0 aliphatic carbocycles. The van der Waals surface area contributed by atoms with Gasteiger partial charge in [-0.3, -0.25) is 9.78 Å². The molecular weight excluding hydrogens is 231 g/mol. The van der Waals surface area contributed by atoms with Crippen LogP contribution in [0, 0.1) is 5.82 Å². The standard InChI is InChI=1S/C11H14ClFN2O/c1-8(3-2-4-12)15-11(16)9-5-10(13)7-14-6-9/h5-8H,2-4H2,1H3,(H,15,16).